The van der Waals surface area contributed by atoms with Gasteiger partial charge in [0.25, 0.3) is 5.91 Å². The van der Waals surface area contributed by atoms with E-state index in [1.165, 1.54) is 6.07 Å². The van der Waals surface area contributed by atoms with Crippen LogP contribution in [-0.2, 0) is 4.79 Å². The Bertz CT molecular complexity index is 898. The van der Waals surface area contributed by atoms with E-state index in [4.69, 9.17) is 0 Å². The standard InChI is InChI=1S/C20H23FN6O2/c1-22-19(28)15-6-7-18(24-23-15)26-12-10-25(11-13-26)17-8-9-27(20(17)29)16-5-3-2-4-14(16)21/h2-7,17H,8-13H2,1H3,(H,22,28). The lowest BCUT2D eigenvalue weighted by atomic mass is 10.1. The van der Waals surface area contributed by atoms with Gasteiger partial charge in [-0.2, -0.15) is 0 Å². The van der Waals surface area contributed by atoms with Crippen LogP contribution in [0, 0.1) is 5.82 Å². The number of carbonyl (C=O) groups excluding carboxylic acids is 2. The molecular formula is C20H23FN6O2. The molecule has 0 radical (unpaired) electrons. The fraction of sp³-hybridized carbons (Fsp3) is 0.400. The van der Waals surface area contributed by atoms with Crippen molar-refractivity contribution < 1.29 is 14.0 Å². The van der Waals surface area contributed by atoms with Crippen LogP contribution < -0.4 is 15.1 Å². The van der Waals surface area contributed by atoms with Crippen molar-refractivity contribution in [3.05, 3.63) is 47.9 Å². The van der Waals surface area contributed by atoms with Gasteiger partial charge in [-0.1, -0.05) is 12.1 Å². The molecule has 0 saturated carbocycles. The first-order chi connectivity index (χ1) is 14.1. The van der Waals surface area contributed by atoms with E-state index in [1.54, 1.807) is 42.3 Å². The van der Waals surface area contributed by atoms with E-state index in [0.29, 0.717) is 50.6 Å². The van der Waals surface area contributed by atoms with Crippen LogP contribution >= 0.6 is 0 Å². The molecule has 1 aromatic heterocycles. The summed E-state index contributed by atoms with van der Waals surface area (Å²) in [6.45, 7) is 3.35. The van der Waals surface area contributed by atoms with Gasteiger partial charge in [-0.3, -0.25) is 14.5 Å². The Morgan fingerprint density at radius 2 is 1.83 bits per heavy atom. The molecule has 2 aliphatic heterocycles. The van der Waals surface area contributed by atoms with Crippen LogP contribution in [0.15, 0.2) is 36.4 Å². The molecule has 1 unspecified atom stereocenters. The maximum absolute atomic E-state index is 14.1. The van der Waals surface area contributed by atoms with Gasteiger partial charge < -0.3 is 15.1 Å². The zero-order valence-electron chi connectivity index (χ0n) is 16.2. The van der Waals surface area contributed by atoms with Crippen LogP contribution in [-0.4, -0.2) is 72.7 Å². The van der Waals surface area contributed by atoms with Crippen molar-refractivity contribution in [2.24, 2.45) is 0 Å². The van der Waals surface area contributed by atoms with Gasteiger partial charge >= 0.3 is 0 Å². The first-order valence-corrected chi connectivity index (χ1v) is 9.69. The second-order valence-corrected chi connectivity index (χ2v) is 7.12. The van der Waals surface area contributed by atoms with E-state index in [9.17, 15) is 14.0 Å². The van der Waals surface area contributed by atoms with E-state index in [-0.39, 0.29) is 29.4 Å². The number of benzene rings is 1. The van der Waals surface area contributed by atoms with Crippen LogP contribution in [0.25, 0.3) is 0 Å². The number of nitrogens with zero attached hydrogens (tertiary/aromatic N) is 5. The van der Waals surface area contributed by atoms with Crippen LogP contribution in [0.3, 0.4) is 0 Å². The third-order valence-electron chi connectivity index (χ3n) is 5.51. The Hall–Kier alpha value is -3.07. The maximum atomic E-state index is 14.1. The lowest BCUT2D eigenvalue weighted by Gasteiger charge is -2.37. The lowest BCUT2D eigenvalue weighted by Crippen LogP contribution is -2.52. The molecule has 152 valence electrons. The van der Waals surface area contributed by atoms with Crippen LogP contribution in [0.2, 0.25) is 0 Å². The van der Waals surface area contributed by atoms with Gasteiger partial charge in [-0.05, 0) is 30.7 Å². The molecule has 9 heteroatoms. The highest BCUT2D eigenvalue weighted by Gasteiger charge is 2.38. The monoisotopic (exact) mass is 398 g/mol. The van der Waals surface area contributed by atoms with Gasteiger partial charge in [0.1, 0.15) is 5.82 Å². The number of para-hydroxylation sites is 1. The normalized spacial score (nSPS) is 20.2. The molecule has 29 heavy (non-hydrogen) atoms. The summed E-state index contributed by atoms with van der Waals surface area (Å²) in [7, 11) is 1.55. The van der Waals surface area contributed by atoms with Gasteiger partial charge in [-0.25, -0.2) is 4.39 Å². The van der Waals surface area contributed by atoms with Gasteiger partial charge in [0.15, 0.2) is 11.5 Å². The largest absolute Gasteiger partial charge is 0.354 e. The molecule has 2 saturated heterocycles. The SMILES string of the molecule is CNC(=O)c1ccc(N2CCN(C3CCN(c4ccccc4F)C3=O)CC2)nn1. The summed E-state index contributed by atoms with van der Waals surface area (Å²) in [6, 6.07) is 9.61. The minimum absolute atomic E-state index is 0.0433. The molecule has 4 rings (SSSR count). The van der Waals surface area contributed by atoms with Gasteiger partial charge in [-0.15, -0.1) is 10.2 Å². The number of aromatic nitrogens is 2. The first kappa shape index (κ1) is 19.3. The van der Waals surface area contributed by atoms with Crippen LogP contribution in [0.1, 0.15) is 16.9 Å². The number of rotatable bonds is 4. The van der Waals surface area contributed by atoms with Crippen LogP contribution in [0.5, 0.6) is 0 Å². The fourth-order valence-electron chi connectivity index (χ4n) is 3.92. The zero-order chi connectivity index (χ0) is 20.4. The summed E-state index contributed by atoms with van der Waals surface area (Å²) in [5.74, 6) is 0.0272. The summed E-state index contributed by atoms with van der Waals surface area (Å²) < 4.78 is 14.1. The second kappa shape index (κ2) is 8.12. The van der Waals surface area contributed by atoms with Gasteiger partial charge in [0, 0.05) is 39.8 Å². The Morgan fingerprint density at radius 1 is 1.07 bits per heavy atom. The molecule has 8 nitrogen and oxygen atoms in total. The van der Waals surface area contributed by atoms with E-state index in [0.717, 1.165) is 0 Å². The molecule has 2 aromatic rings. The average molecular weight is 398 g/mol. The van der Waals surface area contributed by atoms with Crippen molar-refractivity contribution in [1.82, 2.24) is 20.4 Å². The zero-order valence-corrected chi connectivity index (χ0v) is 16.2. The molecule has 1 N–H and O–H groups in total. The topological polar surface area (TPSA) is 81.7 Å². The number of nitrogens with one attached hydrogen (secondary N) is 1. The summed E-state index contributed by atoms with van der Waals surface area (Å²) >= 11 is 0. The molecule has 0 aliphatic carbocycles. The number of halogens is 1. The number of anilines is 2. The predicted molar refractivity (Wildman–Crippen MR) is 106 cm³/mol. The number of hydrogen-bond acceptors (Lipinski definition) is 6. The molecule has 1 aromatic carbocycles. The molecule has 1 atom stereocenters. The van der Waals surface area contributed by atoms with Crippen molar-refractivity contribution in [2.45, 2.75) is 12.5 Å². The highest BCUT2D eigenvalue weighted by Crippen LogP contribution is 2.27. The van der Waals surface area contributed by atoms with E-state index in [1.807, 2.05) is 0 Å². The predicted octanol–water partition coefficient (Wildman–Crippen LogP) is 0.903. The summed E-state index contributed by atoms with van der Waals surface area (Å²) in [4.78, 5) is 30.3. The van der Waals surface area contributed by atoms with Crippen molar-refractivity contribution in [3.63, 3.8) is 0 Å². The lowest BCUT2D eigenvalue weighted by molar-refractivity contribution is -0.121. The number of amides is 2. The number of hydrogen-bond donors (Lipinski definition) is 1. The molecule has 2 aliphatic rings. The van der Waals surface area contributed by atoms with E-state index < -0.39 is 0 Å². The molecular weight excluding hydrogens is 375 g/mol. The fourth-order valence-corrected chi connectivity index (χ4v) is 3.92. The Balaban J connectivity index is 1.37. The highest BCUT2D eigenvalue weighted by molar-refractivity contribution is 5.99. The number of piperazine rings is 1. The smallest absolute Gasteiger partial charge is 0.271 e. The highest BCUT2D eigenvalue weighted by atomic mass is 19.1. The second-order valence-electron chi connectivity index (χ2n) is 7.12. The quantitative estimate of drug-likeness (QED) is 0.824. The minimum atomic E-state index is -0.370. The van der Waals surface area contributed by atoms with Crippen molar-refractivity contribution in [2.75, 3.05) is 49.6 Å². The molecule has 2 amide bonds. The molecule has 2 fully saturated rings. The minimum Gasteiger partial charge on any atom is -0.354 e. The first-order valence-electron chi connectivity index (χ1n) is 9.69. The van der Waals surface area contributed by atoms with Crippen molar-refractivity contribution >= 4 is 23.3 Å². The van der Waals surface area contributed by atoms with Crippen molar-refractivity contribution in [3.8, 4) is 0 Å². The Morgan fingerprint density at radius 3 is 2.48 bits per heavy atom. The average Bonchev–Trinajstić information content (AvgIpc) is 3.15. The Labute approximate surface area is 168 Å². The van der Waals surface area contributed by atoms with Gasteiger partial charge in [0.2, 0.25) is 5.91 Å². The summed E-state index contributed by atoms with van der Waals surface area (Å²) in [5, 5.41) is 10.6. The van der Waals surface area contributed by atoms with Crippen LogP contribution in [0.4, 0.5) is 15.9 Å². The molecule has 3 heterocycles. The maximum Gasteiger partial charge on any atom is 0.271 e. The molecule has 0 spiro atoms. The third-order valence-corrected chi connectivity index (χ3v) is 5.51. The number of carbonyl (C=O) groups is 2. The van der Waals surface area contributed by atoms with Crippen molar-refractivity contribution in [1.29, 1.82) is 0 Å². The summed E-state index contributed by atoms with van der Waals surface area (Å²) in [6.07, 6.45) is 0.688. The third kappa shape index (κ3) is 3.77. The van der Waals surface area contributed by atoms with Gasteiger partial charge in [0.05, 0.1) is 11.7 Å². The van der Waals surface area contributed by atoms with E-state index >= 15 is 0 Å². The Kier molecular flexibility index (Phi) is 5.39. The summed E-state index contributed by atoms with van der Waals surface area (Å²) in [5.41, 5.74) is 0.629. The van der Waals surface area contributed by atoms with E-state index in [2.05, 4.69) is 25.3 Å². The molecule has 0 bridgehead atoms.